The molecule has 0 spiro atoms. The van der Waals surface area contributed by atoms with Crippen LogP contribution in [0.5, 0.6) is 11.5 Å². The van der Waals surface area contributed by atoms with E-state index in [0.717, 1.165) is 0 Å². The van der Waals surface area contributed by atoms with Gasteiger partial charge in [-0.3, -0.25) is 4.98 Å². The maximum atomic E-state index is 5.90. The number of nitrogen functional groups attached to an aromatic ring is 1. The maximum Gasteiger partial charge on any atom is 0.149 e. The smallest absolute Gasteiger partial charge is 0.149 e. The minimum absolute atomic E-state index is 0.472. The molecule has 1 aromatic carbocycles. The van der Waals surface area contributed by atoms with Crippen LogP contribution in [0, 0.1) is 0 Å². The molecule has 0 saturated carbocycles. The van der Waals surface area contributed by atoms with Gasteiger partial charge in [0.2, 0.25) is 0 Å². The molecule has 0 aliphatic heterocycles. The van der Waals surface area contributed by atoms with E-state index >= 15 is 0 Å². The molecular formula is C11H9ClN2O. The summed E-state index contributed by atoms with van der Waals surface area (Å²) in [6, 6.07) is 8.86. The molecule has 0 aliphatic carbocycles. The van der Waals surface area contributed by atoms with E-state index in [-0.39, 0.29) is 0 Å². The fourth-order valence-electron chi connectivity index (χ4n) is 1.15. The molecule has 0 aliphatic rings. The second-order valence-corrected chi connectivity index (χ2v) is 3.39. The number of aromatic nitrogens is 1. The summed E-state index contributed by atoms with van der Waals surface area (Å²) in [6.07, 6.45) is 3.15. The molecular weight excluding hydrogens is 212 g/mol. The molecule has 0 fully saturated rings. The van der Waals surface area contributed by atoms with Crippen LogP contribution < -0.4 is 10.5 Å². The van der Waals surface area contributed by atoms with Crippen molar-refractivity contribution in [2.24, 2.45) is 0 Å². The molecule has 0 radical (unpaired) electrons. The second kappa shape index (κ2) is 4.19. The average molecular weight is 221 g/mol. The van der Waals surface area contributed by atoms with Gasteiger partial charge < -0.3 is 10.5 Å². The van der Waals surface area contributed by atoms with Gasteiger partial charge in [0.05, 0.1) is 0 Å². The summed E-state index contributed by atoms with van der Waals surface area (Å²) < 4.78 is 5.54. The Balaban J connectivity index is 2.26. The van der Waals surface area contributed by atoms with E-state index in [4.69, 9.17) is 22.1 Å². The third-order valence-corrected chi connectivity index (χ3v) is 2.10. The minimum atomic E-state index is 0.472. The molecule has 2 rings (SSSR count). The van der Waals surface area contributed by atoms with Gasteiger partial charge in [-0.25, -0.2) is 0 Å². The monoisotopic (exact) mass is 220 g/mol. The Bertz CT molecular complexity index is 474. The third kappa shape index (κ3) is 2.39. The Morgan fingerprint density at radius 2 is 2.13 bits per heavy atom. The standard InChI is InChI=1S/C11H9ClN2O/c12-10-7-14-5-4-11(10)15-9-3-1-2-8(13)6-9/h1-7H,13H2. The largest absolute Gasteiger partial charge is 0.456 e. The number of ether oxygens (including phenoxy) is 1. The van der Waals surface area contributed by atoms with Gasteiger partial charge in [0.15, 0.2) is 0 Å². The van der Waals surface area contributed by atoms with Crippen molar-refractivity contribution < 1.29 is 4.74 Å². The molecule has 3 nitrogen and oxygen atoms in total. The lowest BCUT2D eigenvalue weighted by Crippen LogP contribution is -1.88. The van der Waals surface area contributed by atoms with E-state index in [2.05, 4.69) is 4.98 Å². The molecule has 15 heavy (non-hydrogen) atoms. The number of anilines is 1. The number of benzene rings is 1. The van der Waals surface area contributed by atoms with Gasteiger partial charge in [0, 0.05) is 30.2 Å². The normalized spacial score (nSPS) is 9.93. The van der Waals surface area contributed by atoms with E-state index in [1.54, 1.807) is 24.4 Å². The van der Waals surface area contributed by atoms with Gasteiger partial charge in [0.25, 0.3) is 0 Å². The van der Waals surface area contributed by atoms with Gasteiger partial charge in [-0.05, 0) is 12.1 Å². The van der Waals surface area contributed by atoms with Crippen LogP contribution >= 0.6 is 11.6 Å². The first-order chi connectivity index (χ1) is 7.25. The number of hydrogen-bond acceptors (Lipinski definition) is 3. The molecule has 76 valence electrons. The summed E-state index contributed by atoms with van der Waals surface area (Å²) >= 11 is 5.90. The molecule has 0 amide bonds. The number of nitrogens with two attached hydrogens (primary N) is 1. The fourth-order valence-corrected chi connectivity index (χ4v) is 1.31. The molecule has 0 atom stereocenters. The van der Waals surface area contributed by atoms with Crippen LogP contribution in [0.15, 0.2) is 42.7 Å². The Morgan fingerprint density at radius 1 is 1.27 bits per heavy atom. The zero-order valence-electron chi connectivity index (χ0n) is 7.85. The van der Waals surface area contributed by atoms with Crippen molar-refractivity contribution in [3.8, 4) is 11.5 Å². The molecule has 0 unspecified atom stereocenters. The zero-order chi connectivity index (χ0) is 10.7. The number of nitrogens with zero attached hydrogens (tertiary/aromatic N) is 1. The predicted octanol–water partition coefficient (Wildman–Crippen LogP) is 3.11. The summed E-state index contributed by atoms with van der Waals surface area (Å²) in [5, 5.41) is 0.472. The summed E-state index contributed by atoms with van der Waals surface area (Å²) in [6.45, 7) is 0. The summed E-state index contributed by atoms with van der Waals surface area (Å²) in [7, 11) is 0. The Labute approximate surface area is 92.5 Å². The lowest BCUT2D eigenvalue weighted by molar-refractivity contribution is 0.482. The van der Waals surface area contributed by atoms with Crippen LogP contribution in [0.1, 0.15) is 0 Å². The Morgan fingerprint density at radius 3 is 2.87 bits per heavy atom. The van der Waals surface area contributed by atoms with Crippen LogP contribution in [-0.4, -0.2) is 4.98 Å². The molecule has 2 aromatic rings. The number of rotatable bonds is 2. The molecule has 0 saturated heterocycles. The van der Waals surface area contributed by atoms with E-state index in [9.17, 15) is 0 Å². The van der Waals surface area contributed by atoms with E-state index in [0.29, 0.717) is 22.2 Å². The highest BCUT2D eigenvalue weighted by atomic mass is 35.5. The van der Waals surface area contributed by atoms with Crippen molar-refractivity contribution >= 4 is 17.3 Å². The van der Waals surface area contributed by atoms with Crippen LogP contribution in [-0.2, 0) is 0 Å². The van der Waals surface area contributed by atoms with Crippen molar-refractivity contribution in [3.05, 3.63) is 47.7 Å². The fraction of sp³-hybridized carbons (Fsp3) is 0. The average Bonchev–Trinajstić information content (AvgIpc) is 2.22. The highest BCUT2D eigenvalue weighted by Gasteiger charge is 2.02. The Hall–Kier alpha value is -1.74. The first kappa shape index (κ1) is 9.80. The van der Waals surface area contributed by atoms with Crippen LogP contribution in [0.25, 0.3) is 0 Å². The van der Waals surface area contributed by atoms with Crippen molar-refractivity contribution in [2.75, 3.05) is 5.73 Å². The number of hydrogen-bond donors (Lipinski definition) is 1. The molecule has 2 N–H and O–H groups in total. The van der Waals surface area contributed by atoms with E-state index < -0.39 is 0 Å². The molecule has 4 heteroatoms. The van der Waals surface area contributed by atoms with Crippen LogP contribution in [0.4, 0.5) is 5.69 Å². The third-order valence-electron chi connectivity index (χ3n) is 1.82. The predicted molar refractivity (Wildman–Crippen MR) is 60.2 cm³/mol. The lowest BCUT2D eigenvalue weighted by atomic mass is 10.3. The van der Waals surface area contributed by atoms with E-state index in [1.807, 2.05) is 12.1 Å². The zero-order valence-corrected chi connectivity index (χ0v) is 8.61. The van der Waals surface area contributed by atoms with Gasteiger partial charge in [-0.1, -0.05) is 17.7 Å². The highest BCUT2D eigenvalue weighted by molar-refractivity contribution is 6.31. The lowest BCUT2D eigenvalue weighted by Gasteiger charge is -2.06. The van der Waals surface area contributed by atoms with Crippen LogP contribution in [0.2, 0.25) is 5.02 Å². The van der Waals surface area contributed by atoms with E-state index in [1.165, 1.54) is 6.20 Å². The quantitative estimate of drug-likeness (QED) is 0.792. The first-order valence-electron chi connectivity index (χ1n) is 4.38. The molecule has 1 aromatic heterocycles. The van der Waals surface area contributed by atoms with Gasteiger partial charge >= 0.3 is 0 Å². The minimum Gasteiger partial charge on any atom is -0.456 e. The van der Waals surface area contributed by atoms with Gasteiger partial charge in [0.1, 0.15) is 16.5 Å². The van der Waals surface area contributed by atoms with Crippen LogP contribution in [0.3, 0.4) is 0 Å². The Kier molecular flexibility index (Phi) is 2.74. The molecule has 0 bridgehead atoms. The van der Waals surface area contributed by atoms with Crippen molar-refractivity contribution in [2.45, 2.75) is 0 Å². The number of halogens is 1. The van der Waals surface area contributed by atoms with Crippen molar-refractivity contribution in [1.29, 1.82) is 0 Å². The van der Waals surface area contributed by atoms with Gasteiger partial charge in [-0.15, -0.1) is 0 Å². The summed E-state index contributed by atoms with van der Waals surface area (Å²) in [4.78, 5) is 3.87. The second-order valence-electron chi connectivity index (χ2n) is 2.98. The van der Waals surface area contributed by atoms with Crippen molar-refractivity contribution in [3.63, 3.8) is 0 Å². The highest BCUT2D eigenvalue weighted by Crippen LogP contribution is 2.28. The topological polar surface area (TPSA) is 48.1 Å². The molecule has 1 heterocycles. The first-order valence-corrected chi connectivity index (χ1v) is 4.76. The van der Waals surface area contributed by atoms with Gasteiger partial charge in [-0.2, -0.15) is 0 Å². The SMILES string of the molecule is Nc1cccc(Oc2ccncc2Cl)c1. The summed E-state index contributed by atoms with van der Waals surface area (Å²) in [5.74, 6) is 1.22. The number of pyridine rings is 1. The maximum absolute atomic E-state index is 5.90. The summed E-state index contributed by atoms with van der Waals surface area (Å²) in [5.41, 5.74) is 6.28. The van der Waals surface area contributed by atoms with Crippen molar-refractivity contribution in [1.82, 2.24) is 4.98 Å².